The van der Waals surface area contributed by atoms with E-state index < -0.39 is 5.97 Å². The molecule has 0 spiro atoms. The summed E-state index contributed by atoms with van der Waals surface area (Å²) in [6, 6.07) is 7.10. The van der Waals surface area contributed by atoms with Gasteiger partial charge in [0.25, 0.3) is 0 Å². The van der Waals surface area contributed by atoms with Crippen LogP contribution in [0.5, 0.6) is 17.2 Å². The topological polar surface area (TPSA) is 61.8 Å². The van der Waals surface area contributed by atoms with Gasteiger partial charge in [-0.25, -0.2) is 0 Å². The molecule has 2 aromatic rings. The number of ether oxygens (including phenoxy) is 3. The van der Waals surface area contributed by atoms with Crippen molar-refractivity contribution in [3.63, 3.8) is 0 Å². The summed E-state index contributed by atoms with van der Waals surface area (Å²) in [5.74, 6) is 1.14. The van der Waals surface area contributed by atoms with Crippen LogP contribution in [0.3, 0.4) is 0 Å². The van der Waals surface area contributed by atoms with E-state index in [1.54, 1.807) is 19.2 Å². The minimum Gasteiger partial charge on any atom is -0.497 e. The summed E-state index contributed by atoms with van der Waals surface area (Å²) in [6.45, 7) is 2.85. The largest absolute Gasteiger partial charge is 0.497 e. The number of methoxy groups -OCH3 is 2. The number of fused-ring (bicyclic) bond motifs is 1. The summed E-state index contributed by atoms with van der Waals surface area (Å²) >= 11 is 0. The second kappa shape index (κ2) is 6.47. The molecule has 0 aliphatic heterocycles. The van der Waals surface area contributed by atoms with Crippen LogP contribution >= 0.6 is 0 Å². The minimum absolute atomic E-state index is 0.0305. The van der Waals surface area contributed by atoms with E-state index in [0.29, 0.717) is 22.6 Å². The predicted octanol–water partition coefficient (Wildman–Crippen LogP) is 2.91. The Balaban J connectivity index is 2.74. The van der Waals surface area contributed by atoms with Crippen molar-refractivity contribution in [3.8, 4) is 17.2 Å². The Morgan fingerprint density at radius 2 is 1.68 bits per heavy atom. The van der Waals surface area contributed by atoms with E-state index in [4.69, 9.17) is 14.2 Å². The Morgan fingerprint density at radius 3 is 2.23 bits per heavy atom. The van der Waals surface area contributed by atoms with Crippen LogP contribution in [0.1, 0.15) is 19.4 Å². The average Bonchev–Trinajstić information content (AvgIpc) is 2.44. The molecule has 0 radical (unpaired) electrons. The maximum Gasteiger partial charge on any atom is 0.308 e. The molecule has 116 valence electrons. The SMILES string of the molecule is COc1cc(OC)c2c(OC(C)=O)cc(CC(C)=O)cc2c1. The summed E-state index contributed by atoms with van der Waals surface area (Å²) in [5, 5.41) is 1.46. The average molecular weight is 302 g/mol. The molecular formula is C17H18O5. The van der Waals surface area contributed by atoms with Crippen LogP contribution in [0.25, 0.3) is 10.8 Å². The van der Waals surface area contributed by atoms with Crippen molar-refractivity contribution in [2.24, 2.45) is 0 Å². The third kappa shape index (κ3) is 3.36. The van der Waals surface area contributed by atoms with E-state index in [9.17, 15) is 9.59 Å². The molecule has 22 heavy (non-hydrogen) atoms. The van der Waals surface area contributed by atoms with Crippen molar-refractivity contribution >= 4 is 22.5 Å². The lowest BCUT2D eigenvalue weighted by molar-refractivity contribution is -0.131. The highest BCUT2D eigenvalue weighted by atomic mass is 16.5. The van der Waals surface area contributed by atoms with Crippen LogP contribution in [-0.2, 0) is 16.0 Å². The smallest absolute Gasteiger partial charge is 0.308 e. The van der Waals surface area contributed by atoms with Crippen LogP contribution in [0.2, 0.25) is 0 Å². The van der Waals surface area contributed by atoms with Gasteiger partial charge >= 0.3 is 5.97 Å². The van der Waals surface area contributed by atoms with Crippen LogP contribution in [0, 0.1) is 0 Å². The molecule has 5 heteroatoms. The van der Waals surface area contributed by atoms with Gasteiger partial charge in [0.2, 0.25) is 0 Å². The Hall–Kier alpha value is -2.56. The van der Waals surface area contributed by atoms with Crippen LogP contribution in [0.4, 0.5) is 0 Å². The second-order valence-electron chi connectivity index (χ2n) is 4.99. The molecule has 0 fully saturated rings. The summed E-state index contributed by atoms with van der Waals surface area (Å²) in [6.07, 6.45) is 0.268. The first-order valence-corrected chi connectivity index (χ1v) is 6.81. The Bertz CT molecular complexity index is 733. The maximum atomic E-state index is 11.4. The molecule has 0 atom stereocenters. The fourth-order valence-electron chi connectivity index (χ4n) is 2.37. The highest BCUT2D eigenvalue weighted by Gasteiger charge is 2.15. The number of Topliss-reactive ketones (excluding diaryl/α,β-unsaturated/α-hetero) is 1. The van der Waals surface area contributed by atoms with Gasteiger partial charge in [0.1, 0.15) is 23.0 Å². The molecule has 0 amide bonds. The van der Waals surface area contributed by atoms with Gasteiger partial charge in [-0.2, -0.15) is 0 Å². The first kappa shape index (κ1) is 15.8. The van der Waals surface area contributed by atoms with Crippen molar-refractivity contribution in [1.29, 1.82) is 0 Å². The van der Waals surface area contributed by atoms with Crippen molar-refractivity contribution in [1.82, 2.24) is 0 Å². The molecule has 2 rings (SSSR count). The molecule has 0 saturated carbocycles. The zero-order chi connectivity index (χ0) is 16.3. The fourth-order valence-corrected chi connectivity index (χ4v) is 2.37. The summed E-state index contributed by atoms with van der Waals surface area (Å²) < 4.78 is 15.9. The van der Waals surface area contributed by atoms with Gasteiger partial charge < -0.3 is 14.2 Å². The van der Waals surface area contributed by atoms with Crippen molar-refractivity contribution < 1.29 is 23.8 Å². The molecule has 0 aromatic heterocycles. The zero-order valence-electron chi connectivity index (χ0n) is 13.1. The van der Waals surface area contributed by atoms with Crippen LogP contribution in [0.15, 0.2) is 24.3 Å². The van der Waals surface area contributed by atoms with Gasteiger partial charge in [0, 0.05) is 19.4 Å². The highest BCUT2D eigenvalue weighted by Crippen LogP contribution is 2.38. The number of ketones is 1. The number of rotatable bonds is 5. The van der Waals surface area contributed by atoms with Gasteiger partial charge in [-0.1, -0.05) is 6.07 Å². The first-order valence-electron chi connectivity index (χ1n) is 6.81. The molecule has 0 heterocycles. The third-order valence-electron chi connectivity index (χ3n) is 3.17. The van der Waals surface area contributed by atoms with Gasteiger partial charge in [-0.3, -0.25) is 9.59 Å². The number of esters is 1. The maximum absolute atomic E-state index is 11.4. The third-order valence-corrected chi connectivity index (χ3v) is 3.17. The van der Waals surface area contributed by atoms with E-state index in [2.05, 4.69) is 0 Å². The fraction of sp³-hybridized carbons (Fsp3) is 0.294. The molecule has 5 nitrogen and oxygen atoms in total. The lowest BCUT2D eigenvalue weighted by atomic mass is 10.0. The number of carbonyl (C=O) groups is 2. The summed E-state index contributed by atoms with van der Waals surface area (Å²) in [7, 11) is 3.10. The monoisotopic (exact) mass is 302 g/mol. The van der Waals surface area contributed by atoms with Crippen LogP contribution in [-0.4, -0.2) is 26.0 Å². The lowest BCUT2D eigenvalue weighted by Gasteiger charge is -2.14. The minimum atomic E-state index is -0.431. The molecule has 0 unspecified atom stereocenters. The molecule has 0 N–H and O–H groups in total. The van der Waals surface area contributed by atoms with Gasteiger partial charge in [0.15, 0.2) is 0 Å². The summed E-state index contributed by atoms with van der Waals surface area (Å²) in [4.78, 5) is 22.7. The molecule has 0 aliphatic rings. The number of carbonyl (C=O) groups excluding carboxylic acids is 2. The van der Waals surface area contributed by atoms with E-state index in [1.807, 2.05) is 12.1 Å². The quantitative estimate of drug-likeness (QED) is 0.628. The number of hydrogen-bond donors (Lipinski definition) is 0. The zero-order valence-corrected chi connectivity index (χ0v) is 13.1. The Morgan fingerprint density at radius 1 is 0.955 bits per heavy atom. The molecule has 2 aromatic carbocycles. The Labute approximate surface area is 128 Å². The second-order valence-corrected chi connectivity index (χ2v) is 4.99. The lowest BCUT2D eigenvalue weighted by Crippen LogP contribution is -2.04. The standard InChI is InChI=1S/C17H18O5/c1-10(18)5-12-6-13-8-14(20-3)9-15(21-4)17(13)16(7-12)22-11(2)19/h6-9H,5H2,1-4H3. The highest BCUT2D eigenvalue weighted by molar-refractivity contribution is 5.97. The summed E-state index contributed by atoms with van der Waals surface area (Å²) in [5.41, 5.74) is 0.770. The predicted molar refractivity (Wildman–Crippen MR) is 82.7 cm³/mol. The van der Waals surface area contributed by atoms with E-state index in [-0.39, 0.29) is 12.2 Å². The first-order chi connectivity index (χ1) is 10.4. The van der Waals surface area contributed by atoms with E-state index in [0.717, 1.165) is 10.9 Å². The molecular weight excluding hydrogens is 284 g/mol. The van der Waals surface area contributed by atoms with Crippen molar-refractivity contribution in [3.05, 3.63) is 29.8 Å². The molecule has 0 aliphatic carbocycles. The van der Waals surface area contributed by atoms with Gasteiger partial charge in [-0.05, 0) is 30.0 Å². The van der Waals surface area contributed by atoms with Crippen molar-refractivity contribution in [2.75, 3.05) is 14.2 Å². The molecule has 0 saturated heterocycles. The Kier molecular flexibility index (Phi) is 4.65. The normalized spacial score (nSPS) is 10.4. The van der Waals surface area contributed by atoms with Crippen molar-refractivity contribution in [2.45, 2.75) is 20.3 Å². The van der Waals surface area contributed by atoms with Gasteiger partial charge in [0.05, 0.1) is 19.6 Å². The number of benzene rings is 2. The number of hydrogen-bond acceptors (Lipinski definition) is 5. The van der Waals surface area contributed by atoms with E-state index >= 15 is 0 Å². The molecule has 0 bridgehead atoms. The van der Waals surface area contributed by atoms with Crippen LogP contribution < -0.4 is 14.2 Å². The van der Waals surface area contributed by atoms with E-state index in [1.165, 1.54) is 21.0 Å². The van der Waals surface area contributed by atoms with Gasteiger partial charge in [-0.15, -0.1) is 0 Å².